The molecule has 0 aliphatic carbocycles. The van der Waals surface area contributed by atoms with Crippen LogP contribution in [0.1, 0.15) is 53.8 Å². The van der Waals surface area contributed by atoms with Gasteiger partial charge in [0, 0.05) is 5.56 Å². The Balaban J connectivity index is 1.90. The van der Waals surface area contributed by atoms with Crippen molar-refractivity contribution in [3.63, 3.8) is 0 Å². The summed E-state index contributed by atoms with van der Waals surface area (Å²) in [5.41, 5.74) is 3.13. The quantitative estimate of drug-likeness (QED) is 0.315. The second kappa shape index (κ2) is 8.98. The molecule has 3 aromatic rings. The van der Waals surface area contributed by atoms with Gasteiger partial charge in [0.15, 0.2) is 0 Å². The number of Topliss-reactive ketones (excluding diaryl/α,β-unsaturated/α-hetero) is 1. The van der Waals surface area contributed by atoms with Crippen LogP contribution >= 0.6 is 0 Å². The Kier molecular flexibility index (Phi) is 6.09. The minimum absolute atomic E-state index is 0.0701. The molecule has 0 bridgehead atoms. The first-order chi connectivity index (χ1) is 15.8. The van der Waals surface area contributed by atoms with Crippen LogP contribution in [-0.2, 0) is 16.1 Å². The summed E-state index contributed by atoms with van der Waals surface area (Å²) in [5, 5.41) is 11.4. The highest BCUT2D eigenvalue weighted by Crippen LogP contribution is 2.42. The van der Waals surface area contributed by atoms with E-state index in [-0.39, 0.29) is 23.8 Å². The third kappa shape index (κ3) is 4.04. The zero-order valence-corrected chi connectivity index (χ0v) is 19.2. The number of aryl methyl sites for hydroxylation is 1. The van der Waals surface area contributed by atoms with Crippen molar-refractivity contribution >= 4 is 17.4 Å². The van der Waals surface area contributed by atoms with Crippen LogP contribution in [-0.4, -0.2) is 28.8 Å². The summed E-state index contributed by atoms with van der Waals surface area (Å²) in [7, 11) is 1.60. The standard InChI is InChI=1S/C27H27NO5/c1-16(2)21-14-18(11-12-22(21)32-4)25(29)23-24(20-10-6-5-8-17(20)3)28(27(31)26(23)30)15-19-9-7-13-33-19/h5-14,16,24,29H,15H2,1-4H3/b25-23+. The normalized spacial score (nSPS) is 17.7. The maximum absolute atomic E-state index is 13.2. The zero-order chi connectivity index (χ0) is 23.7. The molecule has 1 amide bonds. The van der Waals surface area contributed by atoms with Crippen molar-refractivity contribution in [1.82, 2.24) is 4.90 Å². The highest BCUT2D eigenvalue weighted by molar-refractivity contribution is 6.46. The van der Waals surface area contributed by atoms with Crippen LogP contribution in [0.15, 0.2) is 70.9 Å². The van der Waals surface area contributed by atoms with Crippen LogP contribution in [0.25, 0.3) is 5.76 Å². The molecule has 4 rings (SSSR count). The number of ketones is 1. The van der Waals surface area contributed by atoms with Gasteiger partial charge in [0.2, 0.25) is 0 Å². The molecule has 1 fully saturated rings. The number of hydrogen-bond acceptors (Lipinski definition) is 5. The topological polar surface area (TPSA) is 80.0 Å². The molecule has 2 aromatic carbocycles. The summed E-state index contributed by atoms with van der Waals surface area (Å²) in [6.07, 6.45) is 1.53. The van der Waals surface area contributed by atoms with E-state index in [0.29, 0.717) is 17.1 Å². The lowest BCUT2D eigenvalue weighted by molar-refractivity contribution is -0.140. The number of furan rings is 1. The van der Waals surface area contributed by atoms with Crippen molar-refractivity contribution in [2.24, 2.45) is 0 Å². The van der Waals surface area contributed by atoms with Crippen LogP contribution in [0, 0.1) is 6.92 Å². The summed E-state index contributed by atoms with van der Waals surface area (Å²) in [4.78, 5) is 27.8. The van der Waals surface area contributed by atoms with Crippen LogP contribution in [0.2, 0.25) is 0 Å². The van der Waals surface area contributed by atoms with E-state index in [0.717, 1.165) is 16.7 Å². The van der Waals surface area contributed by atoms with Gasteiger partial charge in [-0.1, -0.05) is 38.1 Å². The minimum Gasteiger partial charge on any atom is -0.507 e. The van der Waals surface area contributed by atoms with Crippen molar-refractivity contribution < 1.29 is 23.8 Å². The Morgan fingerprint density at radius 2 is 1.88 bits per heavy atom. The van der Waals surface area contributed by atoms with Gasteiger partial charge in [0.25, 0.3) is 11.7 Å². The SMILES string of the molecule is COc1ccc(/C(O)=C2\C(=O)C(=O)N(Cc3ccco3)C2c2ccccc2C)cc1C(C)C. The van der Waals surface area contributed by atoms with E-state index in [9.17, 15) is 14.7 Å². The Morgan fingerprint density at radius 1 is 1.12 bits per heavy atom. The van der Waals surface area contributed by atoms with Gasteiger partial charge in [-0.05, 0) is 59.9 Å². The summed E-state index contributed by atoms with van der Waals surface area (Å²) < 4.78 is 10.9. The number of likely N-dealkylation sites (tertiary alicyclic amines) is 1. The molecule has 1 aliphatic heterocycles. The van der Waals surface area contributed by atoms with E-state index in [1.807, 2.05) is 51.1 Å². The molecule has 2 heterocycles. The second-order valence-electron chi connectivity index (χ2n) is 8.47. The molecule has 1 saturated heterocycles. The van der Waals surface area contributed by atoms with E-state index in [2.05, 4.69) is 0 Å². The number of carbonyl (C=O) groups is 2. The zero-order valence-electron chi connectivity index (χ0n) is 19.2. The first kappa shape index (κ1) is 22.4. The molecule has 170 valence electrons. The number of aliphatic hydroxyl groups excluding tert-OH is 1. The number of ether oxygens (including phenoxy) is 1. The number of aliphatic hydroxyl groups is 1. The average molecular weight is 446 g/mol. The Morgan fingerprint density at radius 3 is 2.52 bits per heavy atom. The van der Waals surface area contributed by atoms with E-state index in [1.165, 1.54) is 11.2 Å². The van der Waals surface area contributed by atoms with E-state index in [1.54, 1.807) is 31.4 Å². The average Bonchev–Trinajstić information content (AvgIpc) is 3.41. The van der Waals surface area contributed by atoms with E-state index >= 15 is 0 Å². The molecule has 1 aliphatic rings. The molecular formula is C27H27NO5. The number of nitrogens with zero attached hydrogens (tertiary/aromatic N) is 1. The monoisotopic (exact) mass is 445 g/mol. The third-order valence-electron chi connectivity index (χ3n) is 6.05. The van der Waals surface area contributed by atoms with Gasteiger partial charge < -0.3 is 19.2 Å². The molecule has 0 spiro atoms. The number of amides is 1. The third-order valence-corrected chi connectivity index (χ3v) is 6.05. The Hall–Kier alpha value is -3.80. The van der Waals surface area contributed by atoms with Crippen LogP contribution < -0.4 is 4.74 Å². The fraction of sp³-hybridized carbons (Fsp3) is 0.259. The smallest absolute Gasteiger partial charge is 0.296 e. The summed E-state index contributed by atoms with van der Waals surface area (Å²) in [6, 6.07) is 15.6. The maximum atomic E-state index is 13.2. The fourth-order valence-corrected chi connectivity index (χ4v) is 4.32. The van der Waals surface area contributed by atoms with E-state index in [4.69, 9.17) is 9.15 Å². The highest BCUT2D eigenvalue weighted by atomic mass is 16.5. The Labute approximate surface area is 193 Å². The van der Waals surface area contributed by atoms with Crippen molar-refractivity contribution in [1.29, 1.82) is 0 Å². The molecule has 0 radical (unpaired) electrons. The predicted octanol–water partition coefficient (Wildman–Crippen LogP) is 5.34. The largest absolute Gasteiger partial charge is 0.507 e. The molecule has 1 N–H and O–H groups in total. The molecule has 0 saturated carbocycles. The van der Waals surface area contributed by atoms with Gasteiger partial charge in [-0.3, -0.25) is 9.59 Å². The summed E-state index contributed by atoms with van der Waals surface area (Å²) in [5.74, 6) is -0.181. The lowest BCUT2D eigenvalue weighted by Crippen LogP contribution is -2.29. The Bertz CT molecular complexity index is 1220. The number of methoxy groups -OCH3 is 1. The highest BCUT2D eigenvalue weighted by Gasteiger charge is 2.46. The lowest BCUT2D eigenvalue weighted by Gasteiger charge is -2.26. The van der Waals surface area contributed by atoms with Crippen molar-refractivity contribution in [3.8, 4) is 5.75 Å². The minimum atomic E-state index is -0.735. The van der Waals surface area contributed by atoms with Crippen molar-refractivity contribution in [3.05, 3.63) is 94.4 Å². The van der Waals surface area contributed by atoms with Crippen LogP contribution in [0.5, 0.6) is 5.75 Å². The first-order valence-electron chi connectivity index (χ1n) is 10.9. The summed E-state index contributed by atoms with van der Waals surface area (Å²) in [6.45, 7) is 6.09. The van der Waals surface area contributed by atoms with Gasteiger partial charge in [-0.15, -0.1) is 0 Å². The van der Waals surface area contributed by atoms with E-state index < -0.39 is 17.7 Å². The molecule has 1 aromatic heterocycles. The second-order valence-corrected chi connectivity index (χ2v) is 8.47. The van der Waals surface area contributed by atoms with Gasteiger partial charge >= 0.3 is 0 Å². The molecule has 6 nitrogen and oxygen atoms in total. The molecule has 1 unspecified atom stereocenters. The van der Waals surface area contributed by atoms with Gasteiger partial charge in [-0.2, -0.15) is 0 Å². The molecule has 1 atom stereocenters. The number of rotatable bonds is 6. The van der Waals surface area contributed by atoms with Crippen molar-refractivity contribution in [2.45, 2.75) is 39.3 Å². The summed E-state index contributed by atoms with van der Waals surface area (Å²) >= 11 is 0. The maximum Gasteiger partial charge on any atom is 0.296 e. The van der Waals surface area contributed by atoms with Crippen molar-refractivity contribution in [2.75, 3.05) is 7.11 Å². The fourth-order valence-electron chi connectivity index (χ4n) is 4.32. The molecular weight excluding hydrogens is 418 g/mol. The number of benzene rings is 2. The van der Waals surface area contributed by atoms with Gasteiger partial charge in [0.1, 0.15) is 17.3 Å². The molecule has 33 heavy (non-hydrogen) atoms. The van der Waals surface area contributed by atoms with Gasteiger partial charge in [-0.25, -0.2) is 0 Å². The van der Waals surface area contributed by atoms with Gasteiger partial charge in [0.05, 0.1) is 31.5 Å². The van der Waals surface area contributed by atoms with Crippen LogP contribution in [0.4, 0.5) is 0 Å². The lowest BCUT2D eigenvalue weighted by atomic mass is 9.91. The number of carbonyl (C=O) groups excluding carboxylic acids is 2. The predicted molar refractivity (Wildman–Crippen MR) is 125 cm³/mol. The molecule has 6 heteroatoms. The number of hydrogen-bond donors (Lipinski definition) is 1. The first-order valence-corrected chi connectivity index (χ1v) is 10.9. The van der Waals surface area contributed by atoms with Crippen LogP contribution in [0.3, 0.4) is 0 Å².